The van der Waals surface area contributed by atoms with Crippen LogP contribution < -0.4 is 4.90 Å². The van der Waals surface area contributed by atoms with Crippen LogP contribution in [-0.2, 0) is 19.5 Å². The van der Waals surface area contributed by atoms with Crippen LogP contribution in [-0.4, -0.2) is 32.6 Å². The number of rotatable bonds is 4. The average molecular weight is 286 g/mol. The molecule has 21 heavy (non-hydrogen) atoms. The summed E-state index contributed by atoms with van der Waals surface area (Å²) in [4.78, 5) is 15.2. The Kier molecular flexibility index (Phi) is 3.60. The first-order valence-electron chi connectivity index (χ1n) is 7.18. The first-order valence-corrected chi connectivity index (χ1v) is 7.18. The highest BCUT2D eigenvalue weighted by Gasteiger charge is 2.22. The summed E-state index contributed by atoms with van der Waals surface area (Å²) in [6.45, 7) is 4.32. The molecule has 2 heterocycles. The molecule has 0 saturated carbocycles. The van der Waals surface area contributed by atoms with E-state index in [1.54, 1.807) is 17.1 Å². The summed E-state index contributed by atoms with van der Waals surface area (Å²) in [5.74, 6) is -0.856. The lowest BCUT2D eigenvalue weighted by Gasteiger charge is -2.31. The minimum Gasteiger partial charge on any atom is -0.478 e. The van der Waals surface area contributed by atoms with Crippen molar-refractivity contribution in [2.45, 2.75) is 32.9 Å². The number of nitrogens with zero attached hydrogens (tertiary/aromatic N) is 4. The van der Waals surface area contributed by atoms with Gasteiger partial charge in [-0.25, -0.2) is 4.79 Å². The fraction of sp³-hybridized carbons (Fsp3) is 0.400. The van der Waals surface area contributed by atoms with Gasteiger partial charge in [-0.2, -0.15) is 15.0 Å². The van der Waals surface area contributed by atoms with Gasteiger partial charge in [-0.15, -0.1) is 0 Å². The van der Waals surface area contributed by atoms with Crippen LogP contribution in [0.1, 0.15) is 35.0 Å². The molecule has 1 aromatic carbocycles. The third-order valence-corrected chi connectivity index (χ3v) is 3.80. The molecule has 1 aliphatic heterocycles. The number of hydrogen-bond donors (Lipinski definition) is 1. The molecule has 110 valence electrons. The molecule has 6 heteroatoms. The van der Waals surface area contributed by atoms with Crippen LogP contribution in [0.3, 0.4) is 0 Å². The van der Waals surface area contributed by atoms with Gasteiger partial charge in [0.05, 0.1) is 24.8 Å². The van der Waals surface area contributed by atoms with E-state index in [0.717, 1.165) is 42.9 Å². The van der Waals surface area contributed by atoms with Crippen LogP contribution in [0.5, 0.6) is 0 Å². The highest BCUT2D eigenvalue weighted by atomic mass is 16.4. The van der Waals surface area contributed by atoms with Gasteiger partial charge in [-0.1, -0.05) is 6.07 Å². The topological polar surface area (TPSA) is 71.2 Å². The highest BCUT2D eigenvalue weighted by Crippen LogP contribution is 2.30. The second-order valence-corrected chi connectivity index (χ2v) is 5.16. The van der Waals surface area contributed by atoms with Crippen molar-refractivity contribution in [3.05, 3.63) is 41.2 Å². The van der Waals surface area contributed by atoms with E-state index >= 15 is 0 Å². The van der Waals surface area contributed by atoms with E-state index < -0.39 is 5.97 Å². The molecular weight excluding hydrogens is 268 g/mol. The second-order valence-electron chi connectivity index (χ2n) is 5.16. The van der Waals surface area contributed by atoms with Gasteiger partial charge in [0.25, 0.3) is 0 Å². The third-order valence-electron chi connectivity index (χ3n) is 3.80. The summed E-state index contributed by atoms with van der Waals surface area (Å²) in [6, 6.07) is 5.48. The Hall–Kier alpha value is -2.37. The maximum absolute atomic E-state index is 11.3. The molecule has 0 bridgehead atoms. The van der Waals surface area contributed by atoms with Crippen molar-refractivity contribution in [3.63, 3.8) is 0 Å². The zero-order valence-electron chi connectivity index (χ0n) is 12.0. The van der Waals surface area contributed by atoms with E-state index in [-0.39, 0.29) is 0 Å². The summed E-state index contributed by atoms with van der Waals surface area (Å²) in [5.41, 5.74) is 3.26. The number of aromatic carboxylic acids is 1. The van der Waals surface area contributed by atoms with Gasteiger partial charge >= 0.3 is 5.97 Å². The Balaban J connectivity index is 1.90. The first kappa shape index (κ1) is 13.6. The minimum absolute atomic E-state index is 0.411. The molecule has 2 aromatic rings. The quantitative estimate of drug-likeness (QED) is 0.930. The van der Waals surface area contributed by atoms with E-state index in [4.69, 9.17) is 0 Å². The zero-order valence-corrected chi connectivity index (χ0v) is 12.0. The van der Waals surface area contributed by atoms with E-state index in [9.17, 15) is 9.90 Å². The summed E-state index contributed by atoms with van der Waals surface area (Å²) < 4.78 is 0. The van der Waals surface area contributed by atoms with Gasteiger partial charge in [-0.3, -0.25) is 0 Å². The molecule has 1 N–H and O–H groups in total. The van der Waals surface area contributed by atoms with Gasteiger partial charge in [0.2, 0.25) is 0 Å². The molecular formula is C15H18N4O2. The molecule has 0 radical (unpaired) electrons. The van der Waals surface area contributed by atoms with E-state index in [1.165, 1.54) is 0 Å². The highest BCUT2D eigenvalue weighted by molar-refractivity contribution is 5.91. The van der Waals surface area contributed by atoms with E-state index in [1.807, 2.05) is 19.1 Å². The lowest BCUT2D eigenvalue weighted by atomic mass is 9.96. The molecule has 1 aromatic heterocycles. The van der Waals surface area contributed by atoms with E-state index in [0.29, 0.717) is 12.1 Å². The number of fused-ring (bicyclic) bond motifs is 1. The number of carboxylic acids is 1. The normalized spacial score (nSPS) is 14.0. The molecule has 1 aliphatic rings. The van der Waals surface area contributed by atoms with Gasteiger partial charge in [0.1, 0.15) is 5.69 Å². The Morgan fingerprint density at radius 3 is 3.00 bits per heavy atom. The maximum atomic E-state index is 11.3. The number of carbonyl (C=O) groups is 1. The lowest BCUT2D eigenvalue weighted by molar-refractivity contribution is 0.0695. The smallest absolute Gasteiger partial charge is 0.336 e. The number of aromatic nitrogens is 3. The Morgan fingerprint density at radius 2 is 2.29 bits per heavy atom. The Morgan fingerprint density at radius 1 is 1.43 bits per heavy atom. The summed E-state index contributed by atoms with van der Waals surface area (Å²) in [5, 5.41) is 17.9. The fourth-order valence-electron chi connectivity index (χ4n) is 2.82. The second kappa shape index (κ2) is 5.55. The fourth-order valence-corrected chi connectivity index (χ4v) is 2.82. The predicted molar refractivity (Wildman–Crippen MR) is 78.5 cm³/mol. The molecule has 3 rings (SSSR count). The van der Waals surface area contributed by atoms with Crippen molar-refractivity contribution < 1.29 is 9.90 Å². The first-order chi connectivity index (χ1) is 10.2. The summed E-state index contributed by atoms with van der Waals surface area (Å²) in [7, 11) is 0. The van der Waals surface area contributed by atoms with Crippen molar-refractivity contribution in [1.82, 2.24) is 15.0 Å². The predicted octanol–water partition coefficient (Wildman–Crippen LogP) is 1.95. The van der Waals surface area contributed by atoms with Gasteiger partial charge < -0.3 is 10.0 Å². The van der Waals surface area contributed by atoms with Crippen LogP contribution >= 0.6 is 0 Å². The average Bonchev–Trinajstić information content (AvgIpc) is 2.94. The van der Waals surface area contributed by atoms with E-state index in [2.05, 4.69) is 15.1 Å². The number of aryl methyl sites for hydroxylation is 1. The van der Waals surface area contributed by atoms with Crippen LogP contribution in [0.2, 0.25) is 0 Å². The number of benzene rings is 1. The van der Waals surface area contributed by atoms with Crippen LogP contribution in [0.15, 0.2) is 24.4 Å². The number of carboxylic acid groups (broad SMARTS) is 1. The van der Waals surface area contributed by atoms with Gasteiger partial charge in [-0.05, 0) is 37.5 Å². The number of hydrogen-bond acceptors (Lipinski definition) is 4. The van der Waals surface area contributed by atoms with Crippen LogP contribution in [0.4, 0.5) is 5.69 Å². The van der Waals surface area contributed by atoms with Crippen molar-refractivity contribution >= 4 is 11.7 Å². The maximum Gasteiger partial charge on any atom is 0.336 e. The molecule has 6 nitrogen and oxygen atoms in total. The minimum atomic E-state index is -0.856. The van der Waals surface area contributed by atoms with Crippen molar-refractivity contribution in [1.29, 1.82) is 0 Å². The third kappa shape index (κ3) is 2.61. The van der Waals surface area contributed by atoms with Crippen LogP contribution in [0, 0.1) is 0 Å². The SMILES string of the molecule is CCn1ncc(CN2CCCc3c(C(=O)O)cccc32)n1. The number of anilines is 1. The standard InChI is InChI=1S/C15H18N4O2/c1-2-19-16-9-11(17-19)10-18-8-4-6-12-13(15(20)21)5-3-7-14(12)18/h3,5,7,9H,2,4,6,8,10H2,1H3,(H,20,21). The van der Waals surface area contributed by atoms with Crippen molar-refractivity contribution in [2.24, 2.45) is 0 Å². The van der Waals surface area contributed by atoms with Gasteiger partial charge in [0, 0.05) is 12.2 Å². The molecule has 0 spiro atoms. The Bertz CT molecular complexity index is 665. The molecule has 0 saturated heterocycles. The Labute approximate surface area is 123 Å². The van der Waals surface area contributed by atoms with Crippen molar-refractivity contribution in [2.75, 3.05) is 11.4 Å². The summed E-state index contributed by atoms with van der Waals surface area (Å²) >= 11 is 0. The van der Waals surface area contributed by atoms with Gasteiger partial charge in [0.15, 0.2) is 0 Å². The lowest BCUT2D eigenvalue weighted by Crippen LogP contribution is -2.30. The monoisotopic (exact) mass is 286 g/mol. The summed E-state index contributed by atoms with van der Waals surface area (Å²) in [6.07, 6.45) is 3.55. The largest absolute Gasteiger partial charge is 0.478 e. The molecule has 0 aliphatic carbocycles. The molecule has 0 atom stereocenters. The molecule has 0 fully saturated rings. The zero-order chi connectivity index (χ0) is 14.8. The van der Waals surface area contributed by atoms with Crippen LogP contribution in [0.25, 0.3) is 0 Å². The molecule has 0 amide bonds. The molecule has 0 unspecified atom stereocenters. The van der Waals surface area contributed by atoms with Crippen molar-refractivity contribution in [3.8, 4) is 0 Å².